The van der Waals surface area contributed by atoms with Crippen LogP contribution in [-0.4, -0.2) is 80.3 Å². The van der Waals surface area contributed by atoms with Gasteiger partial charge in [0.05, 0.1) is 19.3 Å². The van der Waals surface area contributed by atoms with Gasteiger partial charge in [0, 0.05) is 50.6 Å². The van der Waals surface area contributed by atoms with Crippen molar-refractivity contribution >= 4 is 17.5 Å². The molecule has 0 unspecified atom stereocenters. The maximum Gasteiger partial charge on any atom is 0.321 e. The topological polar surface area (TPSA) is 71.1 Å². The van der Waals surface area contributed by atoms with Crippen LogP contribution in [0, 0.1) is 0 Å². The van der Waals surface area contributed by atoms with Crippen LogP contribution < -0.4 is 5.32 Å². The van der Waals surface area contributed by atoms with Crippen molar-refractivity contribution in [2.45, 2.75) is 19.4 Å². The first-order chi connectivity index (χ1) is 12.6. The third-order valence-corrected chi connectivity index (χ3v) is 4.72. The van der Waals surface area contributed by atoms with Crippen LogP contribution in [0.5, 0.6) is 0 Å². The van der Waals surface area contributed by atoms with E-state index in [1.54, 1.807) is 29.2 Å². The van der Waals surface area contributed by atoms with Gasteiger partial charge in [0.2, 0.25) is 0 Å². The first-order valence-corrected chi connectivity index (χ1v) is 9.20. The normalized spacial score (nSPS) is 21.9. The van der Waals surface area contributed by atoms with Gasteiger partial charge >= 0.3 is 6.03 Å². The molecule has 2 heterocycles. The predicted octanol–water partition coefficient (Wildman–Crippen LogP) is 1.84. The third kappa shape index (κ3) is 5.27. The second-order valence-corrected chi connectivity index (χ2v) is 6.77. The van der Waals surface area contributed by atoms with Gasteiger partial charge in [-0.15, -0.1) is 0 Å². The van der Waals surface area contributed by atoms with Gasteiger partial charge in [-0.3, -0.25) is 9.69 Å². The van der Waals surface area contributed by atoms with E-state index in [1.165, 1.54) is 6.92 Å². The van der Waals surface area contributed by atoms with Crippen LogP contribution in [0.15, 0.2) is 24.3 Å². The maximum atomic E-state index is 12.7. The number of urea groups is 1. The zero-order valence-corrected chi connectivity index (χ0v) is 15.3. The second kappa shape index (κ2) is 9.12. The predicted molar refractivity (Wildman–Crippen MR) is 98.7 cm³/mol. The number of hydrogen-bond donors (Lipinski definition) is 1. The molecule has 0 aliphatic carbocycles. The van der Waals surface area contributed by atoms with E-state index in [4.69, 9.17) is 9.47 Å². The molecule has 2 amide bonds. The molecular formula is C19H27N3O4. The molecule has 7 nitrogen and oxygen atoms in total. The lowest BCUT2D eigenvalue weighted by molar-refractivity contribution is -0.00983. The van der Waals surface area contributed by atoms with Crippen molar-refractivity contribution in [1.82, 2.24) is 9.80 Å². The lowest BCUT2D eigenvalue weighted by Crippen LogP contribution is -2.46. The average molecular weight is 361 g/mol. The van der Waals surface area contributed by atoms with Gasteiger partial charge in [-0.1, -0.05) is 12.1 Å². The molecule has 1 aromatic rings. The summed E-state index contributed by atoms with van der Waals surface area (Å²) in [5.74, 6) is -0.0187. The highest BCUT2D eigenvalue weighted by Gasteiger charge is 2.25. The zero-order chi connectivity index (χ0) is 18.4. The molecule has 2 aliphatic heterocycles. The fourth-order valence-electron chi connectivity index (χ4n) is 3.28. The number of ketones is 1. The third-order valence-electron chi connectivity index (χ3n) is 4.72. The van der Waals surface area contributed by atoms with Gasteiger partial charge in [0.25, 0.3) is 0 Å². The maximum absolute atomic E-state index is 12.7. The average Bonchev–Trinajstić information content (AvgIpc) is 2.88. The fraction of sp³-hybridized carbons (Fsp3) is 0.579. The Morgan fingerprint density at radius 2 is 2.00 bits per heavy atom. The quantitative estimate of drug-likeness (QED) is 0.829. The number of benzene rings is 1. The molecule has 2 saturated heterocycles. The lowest BCUT2D eigenvalue weighted by Gasteiger charge is -2.31. The Morgan fingerprint density at radius 3 is 2.77 bits per heavy atom. The van der Waals surface area contributed by atoms with Gasteiger partial charge in [-0.05, 0) is 25.5 Å². The van der Waals surface area contributed by atoms with Crippen LogP contribution in [0.2, 0.25) is 0 Å². The minimum Gasteiger partial charge on any atom is -0.379 e. The van der Waals surface area contributed by atoms with Crippen molar-refractivity contribution in [3.8, 4) is 0 Å². The molecular weight excluding hydrogens is 334 g/mol. The SMILES string of the molecule is CC(=O)c1cccc(NC(=O)N2CCCO[C@@H](CN3CCOCC3)C2)c1. The number of nitrogens with zero attached hydrogens (tertiary/aromatic N) is 2. The number of morpholine rings is 1. The molecule has 2 aliphatic rings. The highest BCUT2D eigenvalue weighted by atomic mass is 16.5. The second-order valence-electron chi connectivity index (χ2n) is 6.77. The number of anilines is 1. The Hall–Kier alpha value is -1.96. The van der Waals surface area contributed by atoms with Crippen LogP contribution in [0.4, 0.5) is 10.5 Å². The van der Waals surface area contributed by atoms with Gasteiger partial charge in [-0.25, -0.2) is 4.79 Å². The number of carbonyl (C=O) groups excluding carboxylic acids is 2. The summed E-state index contributed by atoms with van der Waals surface area (Å²) in [6.45, 7) is 7.54. The smallest absolute Gasteiger partial charge is 0.321 e. The van der Waals surface area contributed by atoms with Gasteiger partial charge < -0.3 is 19.7 Å². The van der Waals surface area contributed by atoms with E-state index in [1.807, 2.05) is 0 Å². The molecule has 1 N–H and O–H groups in total. The summed E-state index contributed by atoms with van der Waals surface area (Å²) >= 11 is 0. The van der Waals surface area contributed by atoms with Crippen molar-refractivity contribution in [1.29, 1.82) is 0 Å². The van der Waals surface area contributed by atoms with E-state index >= 15 is 0 Å². The first kappa shape index (κ1) is 18.8. The number of nitrogens with one attached hydrogen (secondary N) is 1. The Labute approximate surface area is 154 Å². The Kier molecular flexibility index (Phi) is 6.60. The van der Waals surface area contributed by atoms with Crippen molar-refractivity contribution in [3.63, 3.8) is 0 Å². The summed E-state index contributed by atoms with van der Waals surface area (Å²) in [5, 5.41) is 2.90. The van der Waals surface area contributed by atoms with E-state index < -0.39 is 0 Å². The number of hydrogen-bond acceptors (Lipinski definition) is 5. The number of carbonyl (C=O) groups is 2. The summed E-state index contributed by atoms with van der Waals surface area (Å²) in [6, 6.07) is 6.88. The molecule has 0 aromatic heterocycles. The molecule has 1 aromatic carbocycles. The largest absolute Gasteiger partial charge is 0.379 e. The number of rotatable bonds is 4. The van der Waals surface area contributed by atoms with Crippen LogP contribution in [0.1, 0.15) is 23.7 Å². The van der Waals surface area contributed by atoms with E-state index in [2.05, 4.69) is 10.2 Å². The summed E-state index contributed by atoms with van der Waals surface area (Å²) < 4.78 is 11.3. The Morgan fingerprint density at radius 1 is 1.19 bits per heavy atom. The van der Waals surface area contributed by atoms with Gasteiger partial charge in [0.1, 0.15) is 0 Å². The van der Waals surface area contributed by atoms with E-state index in [9.17, 15) is 9.59 Å². The number of Topliss-reactive ketones (excluding diaryl/α,β-unsaturated/α-hetero) is 1. The molecule has 26 heavy (non-hydrogen) atoms. The summed E-state index contributed by atoms with van der Waals surface area (Å²) in [6.07, 6.45) is 0.824. The number of ether oxygens (including phenoxy) is 2. The Bertz CT molecular complexity index is 631. The van der Waals surface area contributed by atoms with Crippen LogP contribution in [0.25, 0.3) is 0 Å². The molecule has 142 valence electrons. The van der Waals surface area contributed by atoms with E-state index in [0.29, 0.717) is 30.9 Å². The standard InChI is InChI=1S/C19H27N3O4/c1-15(23)16-4-2-5-17(12-16)20-19(24)22-6-3-9-26-18(14-22)13-21-7-10-25-11-8-21/h2,4-5,12,18H,3,6-11,13-14H2,1H3,(H,20,24)/t18-/m0/s1. The van der Waals surface area contributed by atoms with Crippen LogP contribution in [-0.2, 0) is 9.47 Å². The molecule has 7 heteroatoms. The number of amides is 2. The molecule has 1 atom stereocenters. The minimum absolute atomic E-state index is 0.00454. The molecule has 2 fully saturated rings. The van der Waals surface area contributed by atoms with Crippen molar-refractivity contribution in [2.24, 2.45) is 0 Å². The highest BCUT2D eigenvalue weighted by molar-refractivity contribution is 5.96. The fourth-order valence-corrected chi connectivity index (χ4v) is 3.28. The van der Waals surface area contributed by atoms with Crippen molar-refractivity contribution in [2.75, 3.05) is 57.9 Å². The lowest BCUT2D eigenvalue weighted by atomic mass is 10.1. The van der Waals surface area contributed by atoms with Crippen LogP contribution >= 0.6 is 0 Å². The molecule has 0 saturated carbocycles. The first-order valence-electron chi connectivity index (χ1n) is 9.20. The van der Waals surface area contributed by atoms with Gasteiger partial charge in [0.15, 0.2) is 5.78 Å². The van der Waals surface area contributed by atoms with Crippen LogP contribution in [0.3, 0.4) is 0 Å². The zero-order valence-electron chi connectivity index (χ0n) is 15.3. The molecule has 0 bridgehead atoms. The highest BCUT2D eigenvalue weighted by Crippen LogP contribution is 2.14. The van der Waals surface area contributed by atoms with Crippen molar-refractivity contribution in [3.05, 3.63) is 29.8 Å². The minimum atomic E-state index is -0.150. The van der Waals surface area contributed by atoms with E-state index in [-0.39, 0.29) is 17.9 Å². The summed E-state index contributed by atoms with van der Waals surface area (Å²) in [4.78, 5) is 28.3. The molecule has 3 rings (SSSR count). The van der Waals surface area contributed by atoms with E-state index in [0.717, 1.165) is 39.3 Å². The van der Waals surface area contributed by atoms with Gasteiger partial charge in [-0.2, -0.15) is 0 Å². The monoisotopic (exact) mass is 361 g/mol. The summed E-state index contributed by atoms with van der Waals surface area (Å²) in [5.41, 5.74) is 1.23. The molecule has 0 radical (unpaired) electrons. The Balaban J connectivity index is 1.58. The summed E-state index contributed by atoms with van der Waals surface area (Å²) in [7, 11) is 0. The van der Waals surface area contributed by atoms with Crippen molar-refractivity contribution < 1.29 is 19.1 Å². The molecule has 0 spiro atoms.